The second-order valence-corrected chi connectivity index (χ2v) is 6.39. The molecule has 0 aromatic heterocycles. The third-order valence-electron chi connectivity index (χ3n) is 4.41. The van der Waals surface area contributed by atoms with Gasteiger partial charge in [-0.05, 0) is 24.5 Å². The lowest BCUT2D eigenvalue weighted by Crippen LogP contribution is -2.31. The van der Waals surface area contributed by atoms with Crippen LogP contribution in [0, 0.1) is 12.3 Å². The first-order chi connectivity index (χ1) is 12.3. The Morgan fingerprint density at radius 2 is 1.88 bits per heavy atom. The summed E-state index contributed by atoms with van der Waals surface area (Å²) >= 11 is 0. The third kappa shape index (κ3) is 5.35. The molecule has 25 heavy (non-hydrogen) atoms. The molecular weight excluding hydrogens is 310 g/mol. The van der Waals surface area contributed by atoms with Gasteiger partial charge in [0.2, 0.25) is 0 Å². The number of benzene rings is 2. The van der Waals surface area contributed by atoms with Gasteiger partial charge in [-0.25, -0.2) is 0 Å². The molecule has 0 spiro atoms. The van der Waals surface area contributed by atoms with Crippen LogP contribution in [0.25, 0.3) is 0 Å². The molecular formula is C22H25NO2. The second kappa shape index (κ2) is 9.27. The average Bonchev–Trinajstić information content (AvgIpc) is 3.15. The zero-order chi connectivity index (χ0) is 17.3. The van der Waals surface area contributed by atoms with E-state index in [0.717, 1.165) is 50.4 Å². The summed E-state index contributed by atoms with van der Waals surface area (Å²) in [6.45, 7) is 3.81. The van der Waals surface area contributed by atoms with Gasteiger partial charge >= 0.3 is 0 Å². The first-order valence-corrected chi connectivity index (χ1v) is 8.87. The molecule has 0 N–H and O–H groups in total. The van der Waals surface area contributed by atoms with Crippen molar-refractivity contribution in [1.29, 1.82) is 0 Å². The first kappa shape index (κ1) is 17.5. The molecule has 1 atom stereocenters. The number of nitrogens with zero attached hydrogens (tertiary/aromatic N) is 1. The molecule has 0 bridgehead atoms. The van der Waals surface area contributed by atoms with E-state index in [0.29, 0.717) is 12.7 Å². The molecule has 1 heterocycles. The van der Waals surface area contributed by atoms with Gasteiger partial charge in [-0.1, -0.05) is 54.5 Å². The van der Waals surface area contributed by atoms with Gasteiger partial charge in [0, 0.05) is 31.8 Å². The van der Waals surface area contributed by atoms with E-state index in [1.807, 2.05) is 18.2 Å². The Morgan fingerprint density at radius 3 is 2.64 bits per heavy atom. The lowest BCUT2D eigenvalue weighted by Gasteiger charge is -2.26. The predicted octanol–water partition coefficient (Wildman–Crippen LogP) is 3.88. The van der Waals surface area contributed by atoms with Crippen LogP contribution in [0.5, 0.6) is 5.75 Å². The minimum atomic E-state index is 0.293. The highest BCUT2D eigenvalue weighted by atomic mass is 16.5. The molecule has 3 heteroatoms. The number of rotatable bonds is 8. The van der Waals surface area contributed by atoms with Gasteiger partial charge in [0.15, 0.2) is 0 Å². The monoisotopic (exact) mass is 335 g/mol. The Labute approximate surface area is 150 Å². The van der Waals surface area contributed by atoms with Crippen molar-refractivity contribution in [3.05, 3.63) is 65.7 Å². The Morgan fingerprint density at radius 1 is 1.08 bits per heavy atom. The molecule has 2 aromatic carbocycles. The van der Waals surface area contributed by atoms with Crippen molar-refractivity contribution in [3.8, 4) is 18.1 Å². The first-order valence-electron chi connectivity index (χ1n) is 8.87. The van der Waals surface area contributed by atoms with Crippen molar-refractivity contribution >= 4 is 0 Å². The molecule has 1 saturated heterocycles. The molecule has 1 fully saturated rings. The van der Waals surface area contributed by atoms with Gasteiger partial charge in [-0.2, -0.15) is 0 Å². The lowest BCUT2D eigenvalue weighted by molar-refractivity contribution is 0.0676. The van der Waals surface area contributed by atoms with Crippen LogP contribution < -0.4 is 4.74 Å². The smallest absolute Gasteiger partial charge is 0.148 e. The largest absolute Gasteiger partial charge is 0.481 e. The quantitative estimate of drug-likeness (QED) is 0.683. The van der Waals surface area contributed by atoms with Crippen molar-refractivity contribution in [2.45, 2.75) is 32.0 Å². The summed E-state index contributed by atoms with van der Waals surface area (Å²) in [5.41, 5.74) is 2.47. The molecule has 130 valence electrons. The van der Waals surface area contributed by atoms with Gasteiger partial charge in [0.25, 0.3) is 0 Å². The summed E-state index contributed by atoms with van der Waals surface area (Å²) in [4.78, 5) is 2.43. The van der Waals surface area contributed by atoms with E-state index < -0.39 is 0 Å². The van der Waals surface area contributed by atoms with E-state index in [1.165, 1.54) is 5.56 Å². The molecule has 3 rings (SSSR count). The van der Waals surface area contributed by atoms with Crippen molar-refractivity contribution in [1.82, 2.24) is 4.90 Å². The molecule has 0 aliphatic carbocycles. The SMILES string of the molecule is C#CCOc1ccccc1CN(Cc1ccccc1)CC1CCCO1. The Kier molecular flexibility index (Phi) is 6.50. The van der Waals surface area contributed by atoms with Crippen LogP contribution in [-0.2, 0) is 17.8 Å². The molecule has 1 aliphatic heterocycles. The minimum Gasteiger partial charge on any atom is -0.481 e. The van der Waals surface area contributed by atoms with Crippen molar-refractivity contribution in [2.24, 2.45) is 0 Å². The summed E-state index contributed by atoms with van der Waals surface area (Å²) in [5.74, 6) is 3.41. The molecule has 3 nitrogen and oxygen atoms in total. The zero-order valence-corrected chi connectivity index (χ0v) is 14.6. The van der Waals surface area contributed by atoms with Crippen LogP contribution >= 0.6 is 0 Å². The van der Waals surface area contributed by atoms with Gasteiger partial charge in [0.1, 0.15) is 12.4 Å². The maximum atomic E-state index is 5.85. The summed E-state index contributed by atoms with van der Waals surface area (Å²) in [6.07, 6.45) is 7.96. The Balaban J connectivity index is 1.73. The summed E-state index contributed by atoms with van der Waals surface area (Å²) in [7, 11) is 0. The van der Waals surface area contributed by atoms with Gasteiger partial charge < -0.3 is 9.47 Å². The van der Waals surface area contributed by atoms with Crippen molar-refractivity contribution in [2.75, 3.05) is 19.8 Å². The predicted molar refractivity (Wildman–Crippen MR) is 100 cm³/mol. The number of hydrogen-bond donors (Lipinski definition) is 0. The molecule has 1 unspecified atom stereocenters. The maximum Gasteiger partial charge on any atom is 0.148 e. The standard InChI is InChI=1S/C22H25NO2/c1-2-14-25-22-13-7-6-11-20(22)17-23(18-21-12-8-15-24-21)16-19-9-4-3-5-10-19/h1,3-7,9-11,13,21H,8,12,14-18H2. The fourth-order valence-corrected chi connectivity index (χ4v) is 3.24. The van der Waals surface area contributed by atoms with Crippen LogP contribution in [0.1, 0.15) is 24.0 Å². The van der Waals surface area contributed by atoms with E-state index in [-0.39, 0.29) is 0 Å². The van der Waals surface area contributed by atoms with Crippen LogP contribution in [0.2, 0.25) is 0 Å². The summed E-state index contributed by atoms with van der Waals surface area (Å²) < 4.78 is 11.6. The van der Waals surface area contributed by atoms with Gasteiger partial charge in [-0.3, -0.25) is 4.90 Å². The lowest BCUT2D eigenvalue weighted by atomic mass is 10.1. The highest BCUT2D eigenvalue weighted by Gasteiger charge is 2.20. The van der Waals surface area contributed by atoms with Crippen molar-refractivity contribution in [3.63, 3.8) is 0 Å². The number of para-hydroxylation sites is 1. The molecule has 2 aromatic rings. The average molecular weight is 335 g/mol. The number of hydrogen-bond acceptors (Lipinski definition) is 3. The van der Waals surface area contributed by atoms with Crippen LogP contribution in [-0.4, -0.2) is 30.8 Å². The zero-order valence-electron chi connectivity index (χ0n) is 14.6. The fourth-order valence-electron chi connectivity index (χ4n) is 3.24. The van der Waals surface area contributed by atoms with E-state index in [1.54, 1.807) is 0 Å². The van der Waals surface area contributed by atoms with Crippen molar-refractivity contribution < 1.29 is 9.47 Å². The molecule has 0 radical (unpaired) electrons. The number of terminal acetylenes is 1. The minimum absolute atomic E-state index is 0.293. The van der Waals surface area contributed by atoms with Gasteiger partial charge in [0.05, 0.1) is 6.10 Å². The summed E-state index contributed by atoms with van der Waals surface area (Å²) in [6, 6.07) is 18.7. The van der Waals surface area contributed by atoms with Gasteiger partial charge in [-0.15, -0.1) is 6.42 Å². The topological polar surface area (TPSA) is 21.7 Å². The normalized spacial score (nSPS) is 16.7. The Hall–Kier alpha value is -2.28. The Bertz CT molecular complexity index is 687. The maximum absolute atomic E-state index is 5.85. The molecule has 0 saturated carbocycles. The molecule has 0 amide bonds. The highest BCUT2D eigenvalue weighted by Crippen LogP contribution is 2.22. The van der Waals surface area contributed by atoms with Crippen LogP contribution in [0.3, 0.4) is 0 Å². The van der Waals surface area contributed by atoms with E-state index >= 15 is 0 Å². The van der Waals surface area contributed by atoms with E-state index in [4.69, 9.17) is 15.9 Å². The number of ether oxygens (including phenoxy) is 2. The van der Waals surface area contributed by atoms with E-state index in [9.17, 15) is 0 Å². The van der Waals surface area contributed by atoms with E-state index in [2.05, 4.69) is 47.2 Å². The third-order valence-corrected chi connectivity index (χ3v) is 4.41. The van der Waals surface area contributed by atoms with Crippen LogP contribution in [0.15, 0.2) is 54.6 Å². The fraction of sp³-hybridized carbons (Fsp3) is 0.364. The second-order valence-electron chi connectivity index (χ2n) is 6.39. The molecule has 1 aliphatic rings. The van der Waals surface area contributed by atoms with Crippen LogP contribution in [0.4, 0.5) is 0 Å². The highest BCUT2D eigenvalue weighted by molar-refractivity contribution is 5.33. The summed E-state index contributed by atoms with van der Waals surface area (Å²) in [5, 5.41) is 0.